The molecular formula is C23H24N2O3. The van der Waals surface area contributed by atoms with Gasteiger partial charge in [-0.25, -0.2) is 0 Å². The number of rotatable bonds is 4. The quantitative estimate of drug-likeness (QED) is 0.828. The van der Waals surface area contributed by atoms with Gasteiger partial charge in [0.15, 0.2) is 0 Å². The first-order valence-corrected chi connectivity index (χ1v) is 9.66. The van der Waals surface area contributed by atoms with E-state index in [4.69, 9.17) is 4.74 Å². The monoisotopic (exact) mass is 376 g/mol. The van der Waals surface area contributed by atoms with Crippen molar-refractivity contribution in [3.8, 4) is 5.75 Å². The number of hydrogen-bond acceptors (Lipinski definition) is 3. The van der Waals surface area contributed by atoms with E-state index >= 15 is 0 Å². The molecule has 0 spiro atoms. The van der Waals surface area contributed by atoms with Gasteiger partial charge in [0.1, 0.15) is 5.75 Å². The molecule has 2 aliphatic heterocycles. The molecule has 2 aromatic rings. The largest absolute Gasteiger partial charge is 0.497 e. The van der Waals surface area contributed by atoms with Crippen molar-refractivity contribution in [2.24, 2.45) is 5.92 Å². The van der Waals surface area contributed by atoms with E-state index in [2.05, 4.69) is 5.32 Å². The Hall–Kier alpha value is -3.08. The summed E-state index contributed by atoms with van der Waals surface area (Å²) in [5, 5.41) is 2.99. The summed E-state index contributed by atoms with van der Waals surface area (Å²) >= 11 is 0. The lowest BCUT2D eigenvalue weighted by atomic mass is 9.81. The number of anilines is 1. The van der Waals surface area contributed by atoms with Crippen molar-refractivity contribution in [2.75, 3.05) is 25.5 Å². The number of benzene rings is 2. The van der Waals surface area contributed by atoms with E-state index in [1.54, 1.807) is 13.2 Å². The molecule has 5 nitrogen and oxygen atoms in total. The van der Waals surface area contributed by atoms with Crippen LogP contribution in [0.1, 0.15) is 29.9 Å². The number of hydrogen-bond donors (Lipinski definition) is 1. The fourth-order valence-electron chi connectivity index (χ4n) is 4.14. The maximum Gasteiger partial charge on any atom is 0.246 e. The minimum absolute atomic E-state index is 0.0190. The van der Waals surface area contributed by atoms with Gasteiger partial charge in [-0.3, -0.25) is 9.59 Å². The molecule has 1 N–H and O–H groups in total. The number of para-hydroxylation sites is 1. The molecule has 1 fully saturated rings. The second-order valence-electron chi connectivity index (χ2n) is 7.32. The molecule has 2 aliphatic rings. The van der Waals surface area contributed by atoms with Gasteiger partial charge >= 0.3 is 0 Å². The molecule has 2 aromatic carbocycles. The lowest BCUT2D eigenvalue weighted by Crippen LogP contribution is -2.39. The van der Waals surface area contributed by atoms with Gasteiger partial charge in [0.25, 0.3) is 0 Å². The molecule has 1 saturated heterocycles. The first-order chi connectivity index (χ1) is 13.7. The van der Waals surface area contributed by atoms with Gasteiger partial charge in [0.2, 0.25) is 11.8 Å². The van der Waals surface area contributed by atoms with Crippen LogP contribution in [0.3, 0.4) is 0 Å². The second kappa shape index (κ2) is 7.89. The van der Waals surface area contributed by atoms with Gasteiger partial charge in [0, 0.05) is 24.9 Å². The van der Waals surface area contributed by atoms with Crippen LogP contribution >= 0.6 is 0 Å². The van der Waals surface area contributed by atoms with Gasteiger partial charge in [-0.1, -0.05) is 30.3 Å². The highest BCUT2D eigenvalue weighted by atomic mass is 16.5. The number of methoxy groups -OCH3 is 1. The molecule has 144 valence electrons. The number of likely N-dealkylation sites (tertiary alicyclic amines) is 1. The fourth-order valence-corrected chi connectivity index (χ4v) is 4.14. The maximum atomic E-state index is 12.5. The lowest BCUT2D eigenvalue weighted by molar-refractivity contribution is -0.127. The van der Waals surface area contributed by atoms with Gasteiger partial charge in [-0.2, -0.15) is 0 Å². The zero-order chi connectivity index (χ0) is 19.5. The highest BCUT2D eigenvalue weighted by molar-refractivity contribution is 6.03. The number of piperidine rings is 1. The smallest absolute Gasteiger partial charge is 0.246 e. The van der Waals surface area contributed by atoms with Crippen LogP contribution in [-0.4, -0.2) is 36.9 Å². The van der Waals surface area contributed by atoms with Crippen LogP contribution in [0, 0.1) is 5.92 Å². The van der Waals surface area contributed by atoms with Crippen molar-refractivity contribution < 1.29 is 14.3 Å². The third-order valence-corrected chi connectivity index (χ3v) is 5.69. The van der Waals surface area contributed by atoms with Gasteiger partial charge in [-0.05, 0) is 54.2 Å². The SMILES string of the molecule is COc1ccc(C=CC(=O)N2CCC(C3C(=O)Nc4ccccc43)CC2)cc1. The van der Waals surface area contributed by atoms with Crippen molar-refractivity contribution in [2.45, 2.75) is 18.8 Å². The summed E-state index contributed by atoms with van der Waals surface area (Å²) < 4.78 is 5.14. The van der Waals surface area contributed by atoms with Crippen molar-refractivity contribution in [1.29, 1.82) is 0 Å². The van der Waals surface area contributed by atoms with E-state index < -0.39 is 0 Å². The summed E-state index contributed by atoms with van der Waals surface area (Å²) in [7, 11) is 1.63. The fraction of sp³-hybridized carbons (Fsp3) is 0.304. The topological polar surface area (TPSA) is 58.6 Å². The molecule has 28 heavy (non-hydrogen) atoms. The van der Waals surface area contributed by atoms with E-state index in [-0.39, 0.29) is 23.7 Å². The predicted octanol–water partition coefficient (Wildman–Crippen LogP) is 3.68. The van der Waals surface area contributed by atoms with Crippen molar-refractivity contribution >= 4 is 23.6 Å². The Morgan fingerprint density at radius 2 is 1.82 bits per heavy atom. The third-order valence-electron chi connectivity index (χ3n) is 5.69. The molecule has 2 heterocycles. The van der Waals surface area contributed by atoms with Crippen molar-refractivity contribution in [1.82, 2.24) is 4.90 Å². The van der Waals surface area contributed by atoms with Crippen molar-refractivity contribution in [3.05, 3.63) is 65.7 Å². The normalized spacial score (nSPS) is 19.5. The average Bonchev–Trinajstić information content (AvgIpc) is 3.08. The Morgan fingerprint density at radius 3 is 2.54 bits per heavy atom. The minimum atomic E-state index is -0.0942. The Morgan fingerprint density at radius 1 is 1.11 bits per heavy atom. The van der Waals surface area contributed by atoms with E-state index in [1.165, 1.54) is 0 Å². The maximum absolute atomic E-state index is 12.5. The third kappa shape index (κ3) is 3.65. The zero-order valence-corrected chi connectivity index (χ0v) is 15.9. The van der Waals surface area contributed by atoms with Crippen LogP contribution in [0.15, 0.2) is 54.6 Å². The van der Waals surface area contributed by atoms with E-state index in [0.717, 1.165) is 35.4 Å². The number of nitrogens with one attached hydrogen (secondary N) is 1. The summed E-state index contributed by atoms with van der Waals surface area (Å²) in [4.78, 5) is 26.8. The molecule has 0 radical (unpaired) electrons. The van der Waals surface area contributed by atoms with Crippen LogP contribution in [0.4, 0.5) is 5.69 Å². The highest BCUT2D eigenvalue weighted by Crippen LogP contribution is 2.41. The lowest BCUT2D eigenvalue weighted by Gasteiger charge is -2.33. The average molecular weight is 376 g/mol. The van der Waals surface area contributed by atoms with Gasteiger partial charge < -0.3 is 15.0 Å². The molecule has 1 unspecified atom stereocenters. The number of carbonyl (C=O) groups is 2. The molecule has 2 amide bonds. The molecule has 4 rings (SSSR count). The van der Waals surface area contributed by atoms with Gasteiger partial charge in [-0.15, -0.1) is 0 Å². The molecular weight excluding hydrogens is 352 g/mol. The number of amides is 2. The molecule has 5 heteroatoms. The standard InChI is InChI=1S/C23H24N2O3/c1-28-18-9-6-16(7-10-18)8-11-21(26)25-14-12-17(13-15-25)22-19-4-2-3-5-20(19)24-23(22)27/h2-11,17,22H,12-15H2,1H3,(H,24,27). The Balaban J connectivity index is 1.35. The summed E-state index contributed by atoms with van der Waals surface area (Å²) in [6.07, 6.45) is 5.14. The van der Waals surface area contributed by atoms with Crippen LogP contribution in [0.5, 0.6) is 5.75 Å². The van der Waals surface area contributed by atoms with Crippen LogP contribution in [-0.2, 0) is 9.59 Å². The molecule has 0 aliphatic carbocycles. The minimum Gasteiger partial charge on any atom is -0.497 e. The first-order valence-electron chi connectivity index (χ1n) is 9.66. The Bertz CT molecular complexity index is 896. The summed E-state index contributed by atoms with van der Waals surface area (Å²) in [6.45, 7) is 1.37. The number of ether oxygens (including phenoxy) is 1. The number of carbonyl (C=O) groups excluding carboxylic acids is 2. The number of fused-ring (bicyclic) bond motifs is 1. The molecule has 0 bridgehead atoms. The summed E-state index contributed by atoms with van der Waals surface area (Å²) in [6, 6.07) is 15.5. The van der Waals surface area contributed by atoms with E-state index in [9.17, 15) is 9.59 Å². The first kappa shape index (κ1) is 18.3. The Kier molecular flexibility index (Phi) is 5.15. The molecule has 0 aromatic heterocycles. The zero-order valence-electron chi connectivity index (χ0n) is 15.9. The predicted molar refractivity (Wildman–Crippen MR) is 109 cm³/mol. The second-order valence-corrected chi connectivity index (χ2v) is 7.32. The van der Waals surface area contributed by atoms with Crippen LogP contribution < -0.4 is 10.1 Å². The van der Waals surface area contributed by atoms with E-state index in [1.807, 2.05) is 59.5 Å². The highest BCUT2D eigenvalue weighted by Gasteiger charge is 2.38. The number of nitrogens with zero attached hydrogens (tertiary/aromatic N) is 1. The van der Waals surface area contributed by atoms with Gasteiger partial charge in [0.05, 0.1) is 13.0 Å². The molecule has 1 atom stereocenters. The van der Waals surface area contributed by atoms with Crippen LogP contribution in [0.25, 0.3) is 6.08 Å². The summed E-state index contributed by atoms with van der Waals surface area (Å²) in [5.74, 6) is 1.08. The van der Waals surface area contributed by atoms with Crippen molar-refractivity contribution in [3.63, 3.8) is 0 Å². The Labute approximate surface area is 165 Å². The molecule has 0 saturated carbocycles. The van der Waals surface area contributed by atoms with Crippen LogP contribution in [0.2, 0.25) is 0 Å². The van der Waals surface area contributed by atoms with E-state index in [0.29, 0.717) is 13.1 Å². The summed E-state index contributed by atoms with van der Waals surface area (Å²) in [5.41, 5.74) is 2.98.